The molecule has 11 heteroatoms. The summed E-state index contributed by atoms with van der Waals surface area (Å²) in [7, 11) is 3.29. The Bertz CT molecular complexity index is 911. The van der Waals surface area contributed by atoms with Gasteiger partial charge in [-0.25, -0.2) is 4.99 Å². The summed E-state index contributed by atoms with van der Waals surface area (Å²) in [6.45, 7) is 5.27. The fourth-order valence-electron chi connectivity index (χ4n) is 2.85. The summed E-state index contributed by atoms with van der Waals surface area (Å²) in [6.07, 6.45) is -3.64. The molecule has 32 heavy (non-hydrogen) atoms. The molecule has 0 radical (unpaired) electrons. The van der Waals surface area contributed by atoms with Crippen molar-refractivity contribution in [2.45, 2.75) is 39.5 Å². The summed E-state index contributed by atoms with van der Waals surface area (Å²) in [5.41, 5.74) is 1.75. The first kappa shape index (κ1) is 27.7. The molecule has 178 valence electrons. The molecule has 2 N–H and O–H groups in total. The monoisotopic (exact) mass is 566 g/mol. The molecule has 0 fully saturated rings. The Balaban J connectivity index is 0.00000512. The van der Waals surface area contributed by atoms with E-state index in [-0.39, 0.29) is 43.0 Å². The van der Waals surface area contributed by atoms with Crippen molar-refractivity contribution in [3.8, 4) is 0 Å². The standard InChI is InChI=1S/C21H29F3N6O.HI/c1-15-11-16(2)30(28-15)10-6-9-25-20(27-14-19(31)29(3)4)26-13-17-7-5-8-18(12-17)21(22,23)24;/h5,7-8,11-12H,6,9-10,13-14H2,1-4H3,(H2,25,26,27);1H. The van der Waals surface area contributed by atoms with Gasteiger partial charge in [-0.05, 0) is 44.0 Å². The number of alkyl halides is 3. The number of aromatic nitrogens is 2. The number of amides is 1. The van der Waals surface area contributed by atoms with Gasteiger partial charge >= 0.3 is 6.18 Å². The summed E-state index contributed by atoms with van der Waals surface area (Å²) in [5, 5.41) is 10.5. The lowest BCUT2D eigenvalue weighted by molar-refractivity contribution is -0.137. The summed E-state index contributed by atoms with van der Waals surface area (Å²) >= 11 is 0. The van der Waals surface area contributed by atoms with Gasteiger partial charge in [-0.2, -0.15) is 18.3 Å². The van der Waals surface area contributed by atoms with Gasteiger partial charge in [-0.1, -0.05) is 12.1 Å². The predicted octanol–water partition coefficient (Wildman–Crippen LogP) is 3.35. The number of likely N-dealkylation sites (N-methyl/N-ethyl adjacent to an activating group) is 1. The highest BCUT2D eigenvalue weighted by Gasteiger charge is 2.30. The molecule has 0 aliphatic carbocycles. The van der Waals surface area contributed by atoms with E-state index >= 15 is 0 Å². The second-order valence-electron chi connectivity index (χ2n) is 7.44. The molecule has 0 saturated carbocycles. The number of benzene rings is 1. The molecule has 0 spiro atoms. The summed E-state index contributed by atoms with van der Waals surface area (Å²) in [6, 6.07) is 7.06. The number of guanidine groups is 1. The molecular formula is C21H30F3IN6O. The fourth-order valence-corrected chi connectivity index (χ4v) is 2.85. The van der Waals surface area contributed by atoms with E-state index < -0.39 is 11.7 Å². The number of carbonyl (C=O) groups is 1. The van der Waals surface area contributed by atoms with Gasteiger partial charge in [0.2, 0.25) is 5.91 Å². The van der Waals surface area contributed by atoms with Crippen molar-refractivity contribution in [1.29, 1.82) is 0 Å². The normalized spacial score (nSPS) is 11.7. The number of aryl methyl sites for hydroxylation is 3. The van der Waals surface area contributed by atoms with Gasteiger partial charge in [0, 0.05) is 32.9 Å². The predicted molar refractivity (Wildman–Crippen MR) is 129 cm³/mol. The van der Waals surface area contributed by atoms with Gasteiger partial charge in [0.05, 0.1) is 24.3 Å². The van der Waals surface area contributed by atoms with Crippen molar-refractivity contribution in [3.63, 3.8) is 0 Å². The topological polar surface area (TPSA) is 74.6 Å². The van der Waals surface area contributed by atoms with E-state index in [1.54, 1.807) is 20.2 Å². The molecule has 0 atom stereocenters. The molecule has 0 aliphatic heterocycles. The Morgan fingerprint density at radius 3 is 2.50 bits per heavy atom. The van der Waals surface area contributed by atoms with Crippen LogP contribution in [0.25, 0.3) is 0 Å². The first-order valence-electron chi connectivity index (χ1n) is 9.96. The third kappa shape index (κ3) is 9.05. The van der Waals surface area contributed by atoms with Crippen LogP contribution in [0.2, 0.25) is 0 Å². The van der Waals surface area contributed by atoms with Crippen molar-refractivity contribution in [1.82, 2.24) is 25.3 Å². The Morgan fingerprint density at radius 1 is 1.19 bits per heavy atom. The van der Waals surface area contributed by atoms with Crippen LogP contribution in [0.4, 0.5) is 13.2 Å². The number of carbonyl (C=O) groups excluding carboxylic acids is 1. The average Bonchev–Trinajstić information content (AvgIpc) is 3.02. The molecule has 0 unspecified atom stereocenters. The fraction of sp³-hybridized carbons (Fsp3) is 0.476. The van der Waals surface area contributed by atoms with Crippen LogP contribution in [0, 0.1) is 13.8 Å². The number of nitrogens with zero attached hydrogens (tertiary/aromatic N) is 4. The van der Waals surface area contributed by atoms with Gasteiger partial charge in [-0.3, -0.25) is 9.48 Å². The van der Waals surface area contributed by atoms with Crippen LogP contribution in [0.15, 0.2) is 35.3 Å². The molecule has 7 nitrogen and oxygen atoms in total. The van der Waals surface area contributed by atoms with Crippen LogP contribution in [0.3, 0.4) is 0 Å². The van der Waals surface area contributed by atoms with Crippen molar-refractivity contribution in [3.05, 3.63) is 52.8 Å². The van der Waals surface area contributed by atoms with Gasteiger partial charge < -0.3 is 15.5 Å². The van der Waals surface area contributed by atoms with E-state index in [9.17, 15) is 18.0 Å². The number of halogens is 4. The van der Waals surface area contributed by atoms with Crippen LogP contribution in [0.5, 0.6) is 0 Å². The van der Waals surface area contributed by atoms with Crippen molar-refractivity contribution < 1.29 is 18.0 Å². The van der Waals surface area contributed by atoms with Crippen molar-refractivity contribution in [2.75, 3.05) is 27.2 Å². The highest BCUT2D eigenvalue weighted by Crippen LogP contribution is 2.29. The van der Waals surface area contributed by atoms with Crippen LogP contribution >= 0.6 is 24.0 Å². The Morgan fingerprint density at radius 2 is 1.91 bits per heavy atom. The van der Waals surface area contributed by atoms with Crippen LogP contribution in [-0.4, -0.2) is 53.7 Å². The lowest BCUT2D eigenvalue weighted by Crippen LogP contribution is -2.43. The van der Waals surface area contributed by atoms with Crippen LogP contribution in [-0.2, 0) is 24.1 Å². The van der Waals surface area contributed by atoms with Gasteiger partial charge in [0.1, 0.15) is 0 Å². The van der Waals surface area contributed by atoms with E-state index in [1.807, 2.05) is 24.6 Å². The number of rotatable bonds is 8. The summed E-state index contributed by atoms with van der Waals surface area (Å²) in [4.78, 5) is 17.7. The molecule has 1 aromatic carbocycles. The maximum absolute atomic E-state index is 12.9. The van der Waals surface area contributed by atoms with Crippen LogP contribution < -0.4 is 10.6 Å². The number of aliphatic imine (C=N–C) groups is 1. The van der Waals surface area contributed by atoms with Gasteiger partial charge in [0.25, 0.3) is 0 Å². The third-order valence-corrected chi connectivity index (χ3v) is 4.52. The molecule has 0 bridgehead atoms. The smallest absolute Gasteiger partial charge is 0.356 e. The molecule has 1 amide bonds. The lowest BCUT2D eigenvalue weighted by Gasteiger charge is -2.15. The van der Waals surface area contributed by atoms with E-state index in [0.717, 1.165) is 29.9 Å². The molecule has 2 aromatic rings. The molecule has 0 saturated heterocycles. The SMILES string of the molecule is Cc1cc(C)n(CCCNC(=NCc2cccc(C(F)(F)F)c2)NCC(=O)N(C)C)n1.I. The van der Waals surface area contributed by atoms with E-state index in [4.69, 9.17) is 0 Å². The number of hydrogen-bond acceptors (Lipinski definition) is 3. The minimum absolute atomic E-state index is 0. The molecular weight excluding hydrogens is 536 g/mol. The second kappa shape index (κ2) is 12.7. The maximum atomic E-state index is 12.9. The Kier molecular flexibility index (Phi) is 11.0. The molecule has 1 aromatic heterocycles. The summed E-state index contributed by atoms with van der Waals surface area (Å²) < 4.78 is 40.7. The van der Waals surface area contributed by atoms with Crippen LogP contribution in [0.1, 0.15) is 28.9 Å². The summed E-state index contributed by atoms with van der Waals surface area (Å²) in [5.74, 6) is 0.220. The van der Waals surface area contributed by atoms with Gasteiger partial charge in [0.15, 0.2) is 5.96 Å². The average molecular weight is 566 g/mol. The van der Waals surface area contributed by atoms with E-state index in [1.165, 1.54) is 11.0 Å². The van der Waals surface area contributed by atoms with E-state index in [2.05, 4.69) is 20.7 Å². The molecule has 2 rings (SSSR count). The van der Waals surface area contributed by atoms with Gasteiger partial charge in [-0.15, -0.1) is 24.0 Å². The first-order valence-corrected chi connectivity index (χ1v) is 9.96. The number of nitrogens with one attached hydrogen (secondary N) is 2. The van der Waals surface area contributed by atoms with Crippen molar-refractivity contribution >= 4 is 35.8 Å². The quantitative estimate of drug-likeness (QED) is 0.223. The third-order valence-electron chi connectivity index (χ3n) is 4.52. The highest BCUT2D eigenvalue weighted by atomic mass is 127. The zero-order valence-electron chi connectivity index (χ0n) is 18.7. The molecule has 1 heterocycles. The Labute approximate surface area is 203 Å². The largest absolute Gasteiger partial charge is 0.416 e. The minimum atomic E-state index is -4.40. The first-order chi connectivity index (χ1) is 14.6. The van der Waals surface area contributed by atoms with E-state index in [0.29, 0.717) is 24.6 Å². The highest BCUT2D eigenvalue weighted by molar-refractivity contribution is 14.0. The Hall–Kier alpha value is -2.31. The zero-order chi connectivity index (χ0) is 23.0. The maximum Gasteiger partial charge on any atom is 0.416 e. The zero-order valence-corrected chi connectivity index (χ0v) is 21.0. The van der Waals surface area contributed by atoms with Crippen molar-refractivity contribution in [2.24, 2.45) is 4.99 Å². The number of hydrogen-bond donors (Lipinski definition) is 2. The minimum Gasteiger partial charge on any atom is -0.356 e. The molecule has 0 aliphatic rings. The second-order valence-corrected chi connectivity index (χ2v) is 7.44. The lowest BCUT2D eigenvalue weighted by atomic mass is 10.1.